The van der Waals surface area contributed by atoms with Gasteiger partial charge in [0.15, 0.2) is 11.6 Å². The second-order valence-electron chi connectivity index (χ2n) is 4.25. The molecule has 0 saturated carbocycles. The highest BCUT2D eigenvalue weighted by Crippen LogP contribution is 2.24. The first-order chi connectivity index (χ1) is 10.0. The van der Waals surface area contributed by atoms with Crippen molar-refractivity contribution in [1.82, 2.24) is 5.32 Å². The summed E-state index contributed by atoms with van der Waals surface area (Å²) < 4.78 is 18.2. The Labute approximate surface area is 131 Å². The molecule has 110 valence electrons. The van der Waals surface area contributed by atoms with Gasteiger partial charge in [0.1, 0.15) is 0 Å². The number of ether oxygens (including phenoxy) is 1. The zero-order valence-corrected chi connectivity index (χ0v) is 12.6. The van der Waals surface area contributed by atoms with Gasteiger partial charge in [-0.3, -0.25) is 4.79 Å². The lowest BCUT2D eigenvalue weighted by Gasteiger charge is -2.09. The highest BCUT2D eigenvalue weighted by Gasteiger charge is 2.14. The maximum Gasteiger partial charge on any atom is 0.254 e. The smallest absolute Gasteiger partial charge is 0.254 e. The van der Waals surface area contributed by atoms with Gasteiger partial charge in [-0.2, -0.15) is 0 Å². The van der Waals surface area contributed by atoms with E-state index in [2.05, 4.69) is 5.32 Å². The van der Waals surface area contributed by atoms with Crippen LogP contribution >= 0.6 is 23.2 Å². The van der Waals surface area contributed by atoms with Crippen LogP contribution in [-0.4, -0.2) is 13.0 Å². The molecule has 1 N–H and O–H groups in total. The van der Waals surface area contributed by atoms with Crippen LogP contribution in [0.1, 0.15) is 15.9 Å². The topological polar surface area (TPSA) is 38.3 Å². The van der Waals surface area contributed by atoms with Gasteiger partial charge in [-0.25, -0.2) is 4.39 Å². The molecule has 0 atom stereocenters. The standard InChI is InChI=1S/C15H12Cl2FNO2/c1-21-13-7-9(5-6-12(13)18)8-19-15(20)14-10(16)3-2-4-11(14)17/h2-7H,8H2,1H3,(H,19,20). The number of amides is 1. The van der Waals surface area contributed by atoms with Crippen LogP contribution in [0.3, 0.4) is 0 Å². The Kier molecular flexibility index (Phi) is 5.04. The van der Waals surface area contributed by atoms with Crippen LogP contribution in [0.5, 0.6) is 5.75 Å². The van der Waals surface area contributed by atoms with Crippen LogP contribution in [0.25, 0.3) is 0 Å². The van der Waals surface area contributed by atoms with E-state index >= 15 is 0 Å². The van der Waals surface area contributed by atoms with Crippen LogP contribution in [0, 0.1) is 5.82 Å². The van der Waals surface area contributed by atoms with Crippen molar-refractivity contribution in [2.24, 2.45) is 0 Å². The molecule has 0 spiro atoms. The maximum absolute atomic E-state index is 13.3. The molecule has 0 aliphatic rings. The van der Waals surface area contributed by atoms with Crippen molar-refractivity contribution >= 4 is 29.1 Å². The summed E-state index contributed by atoms with van der Waals surface area (Å²) in [6.07, 6.45) is 0. The molecular weight excluding hydrogens is 316 g/mol. The van der Waals surface area contributed by atoms with Crippen LogP contribution < -0.4 is 10.1 Å². The quantitative estimate of drug-likeness (QED) is 0.919. The van der Waals surface area contributed by atoms with Gasteiger partial charge in [0.05, 0.1) is 22.7 Å². The molecule has 0 radical (unpaired) electrons. The summed E-state index contributed by atoms with van der Waals surface area (Å²) in [6, 6.07) is 9.19. The first kappa shape index (κ1) is 15.6. The Morgan fingerprint density at radius 3 is 2.52 bits per heavy atom. The Morgan fingerprint density at radius 2 is 1.90 bits per heavy atom. The molecule has 0 aliphatic heterocycles. The van der Waals surface area contributed by atoms with Crippen molar-refractivity contribution in [3.8, 4) is 5.75 Å². The summed E-state index contributed by atoms with van der Waals surface area (Å²) in [4.78, 5) is 12.1. The summed E-state index contributed by atoms with van der Waals surface area (Å²) in [6.45, 7) is 0.205. The normalized spacial score (nSPS) is 10.3. The van der Waals surface area contributed by atoms with Gasteiger partial charge in [0, 0.05) is 6.54 Å². The summed E-state index contributed by atoms with van der Waals surface area (Å²) in [5.41, 5.74) is 0.916. The molecule has 0 aromatic heterocycles. The monoisotopic (exact) mass is 327 g/mol. The van der Waals surface area contributed by atoms with Crippen molar-refractivity contribution in [3.63, 3.8) is 0 Å². The lowest BCUT2D eigenvalue weighted by atomic mass is 10.1. The number of carbonyl (C=O) groups excluding carboxylic acids is 1. The molecule has 0 fully saturated rings. The Bertz CT molecular complexity index is 656. The molecule has 0 bridgehead atoms. The number of nitrogens with one attached hydrogen (secondary N) is 1. The van der Waals surface area contributed by atoms with Crippen molar-refractivity contribution < 1.29 is 13.9 Å². The lowest BCUT2D eigenvalue weighted by Crippen LogP contribution is -2.23. The molecule has 6 heteroatoms. The van der Waals surface area contributed by atoms with E-state index in [1.165, 1.54) is 19.2 Å². The van der Waals surface area contributed by atoms with Gasteiger partial charge >= 0.3 is 0 Å². The predicted molar refractivity (Wildman–Crippen MR) is 80.6 cm³/mol. The van der Waals surface area contributed by atoms with Crippen molar-refractivity contribution in [2.45, 2.75) is 6.54 Å². The Hall–Kier alpha value is -1.78. The van der Waals surface area contributed by atoms with E-state index in [0.29, 0.717) is 5.56 Å². The highest BCUT2D eigenvalue weighted by atomic mass is 35.5. The zero-order chi connectivity index (χ0) is 15.4. The van der Waals surface area contributed by atoms with E-state index in [-0.39, 0.29) is 27.9 Å². The SMILES string of the molecule is COc1cc(CNC(=O)c2c(Cl)cccc2Cl)ccc1F. The summed E-state index contributed by atoms with van der Waals surface area (Å²) in [5.74, 6) is -0.729. The minimum Gasteiger partial charge on any atom is -0.494 e. The maximum atomic E-state index is 13.3. The van der Waals surface area contributed by atoms with Crippen LogP contribution in [0.15, 0.2) is 36.4 Å². The molecule has 1 amide bonds. The third-order valence-electron chi connectivity index (χ3n) is 2.86. The summed E-state index contributed by atoms with van der Waals surface area (Å²) >= 11 is 11.9. The fourth-order valence-corrected chi connectivity index (χ4v) is 2.37. The van der Waals surface area contributed by atoms with E-state index in [1.807, 2.05) is 0 Å². The third kappa shape index (κ3) is 3.65. The number of hydrogen-bond acceptors (Lipinski definition) is 2. The molecule has 0 unspecified atom stereocenters. The summed E-state index contributed by atoms with van der Waals surface area (Å²) in [5, 5.41) is 3.23. The molecule has 2 rings (SSSR count). The van der Waals surface area contributed by atoms with Crippen LogP contribution in [-0.2, 0) is 6.54 Å². The minimum atomic E-state index is -0.457. The van der Waals surface area contributed by atoms with Gasteiger partial charge in [-0.05, 0) is 29.8 Å². The second-order valence-corrected chi connectivity index (χ2v) is 5.06. The summed E-state index contributed by atoms with van der Waals surface area (Å²) in [7, 11) is 1.38. The predicted octanol–water partition coefficient (Wildman–Crippen LogP) is 4.07. The second kappa shape index (κ2) is 6.78. The van der Waals surface area contributed by atoms with Gasteiger partial charge in [0.2, 0.25) is 0 Å². The van der Waals surface area contributed by atoms with Crippen molar-refractivity contribution in [2.75, 3.05) is 7.11 Å². The fraction of sp³-hybridized carbons (Fsp3) is 0.133. The van der Waals surface area contributed by atoms with E-state index in [1.54, 1.807) is 24.3 Å². The number of rotatable bonds is 4. The number of halogens is 3. The Balaban J connectivity index is 2.11. The molecule has 0 aliphatic carbocycles. The molecule has 0 heterocycles. The van der Waals surface area contributed by atoms with Crippen LogP contribution in [0.4, 0.5) is 4.39 Å². The fourth-order valence-electron chi connectivity index (χ4n) is 1.80. The van der Waals surface area contributed by atoms with Crippen molar-refractivity contribution in [3.05, 3.63) is 63.4 Å². The van der Waals surface area contributed by atoms with Crippen LogP contribution in [0.2, 0.25) is 10.0 Å². The van der Waals surface area contributed by atoms with Gasteiger partial charge in [0.25, 0.3) is 5.91 Å². The molecule has 3 nitrogen and oxygen atoms in total. The molecule has 21 heavy (non-hydrogen) atoms. The van der Waals surface area contributed by atoms with Gasteiger partial charge in [-0.1, -0.05) is 35.3 Å². The molecule has 0 saturated heterocycles. The van der Waals surface area contributed by atoms with E-state index in [0.717, 1.165) is 0 Å². The molecular formula is C15H12Cl2FNO2. The van der Waals surface area contributed by atoms with E-state index in [9.17, 15) is 9.18 Å². The third-order valence-corrected chi connectivity index (χ3v) is 3.49. The number of methoxy groups -OCH3 is 1. The van der Waals surface area contributed by atoms with E-state index < -0.39 is 11.7 Å². The largest absolute Gasteiger partial charge is 0.494 e. The average Bonchev–Trinajstić information content (AvgIpc) is 2.46. The van der Waals surface area contributed by atoms with Crippen molar-refractivity contribution in [1.29, 1.82) is 0 Å². The zero-order valence-electron chi connectivity index (χ0n) is 11.1. The Morgan fingerprint density at radius 1 is 1.24 bits per heavy atom. The first-order valence-electron chi connectivity index (χ1n) is 6.07. The number of benzene rings is 2. The average molecular weight is 328 g/mol. The minimum absolute atomic E-state index is 0.123. The first-order valence-corrected chi connectivity index (χ1v) is 6.83. The lowest BCUT2D eigenvalue weighted by molar-refractivity contribution is 0.0951. The van der Waals surface area contributed by atoms with Gasteiger partial charge in [-0.15, -0.1) is 0 Å². The number of carbonyl (C=O) groups is 1. The molecule has 2 aromatic rings. The highest BCUT2D eigenvalue weighted by molar-refractivity contribution is 6.39. The van der Waals surface area contributed by atoms with Gasteiger partial charge < -0.3 is 10.1 Å². The number of hydrogen-bond donors (Lipinski definition) is 1. The van der Waals surface area contributed by atoms with E-state index in [4.69, 9.17) is 27.9 Å². The molecule has 2 aromatic carbocycles.